The van der Waals surface area contributed by atoms with Crippen molar-refractivity contribution in [3.63, 3.8) is 0 Å². The van der Waals surface area contributed by atoms with Gasteiger partial charge < -0.3 is 24.0 Å². The second-order valence-corrected chi connectivity index (χ2v) is 10.2. The molecule has 1 atom stereocenters. The van der Waals surface area contributed by atoms with E-state index in [-0.39, 0.29) is 11.8 Å². The fourth-order valence-corrected chi connectivity index (χ4v) is 5.96. The zero-order valence-corrected chi connectivity index (χ0v) is 21.1. The van der Waals surface area contributed by atoms with Crippen LogP contribution in [0.15, 0.2) is 30.6 Å². The number of aromatic nitrogens is 4. The number of methoxy groups -OCH3 is 1. The third-order valence-electron chi connectivity index (χ3n) is 7.97. The molecule has 0 N–H and O–H groups in total. The minimum absolute atomic E-state index is 0.00302. The predicted molar refractivity (Wildman–Crippen MR) is 140 cm³/mol. The molecule has 190 valence electrons. The van der Waals surface area contributed by atoms with E-state index in [2.05, 4.69) is 41.4 Å². The number of rotatable bonds is 4. The van der Waals surface area contributed by atoms with Crippen LogP contribution >= 0.6 is 0 Å². The lowest BCUT2D eigenvalue weighted by Gasteiger charge is -2.40. The summed E-state index contributed by atoms with van der Waals surface area (Å²) in [6.45, 7) is 5.79. The summed E-state index contributed by atoms with van der Waals surface area (Å²) in [7, 11) is 1.68. The van der Waals surface area contributed by atoms with Crippen LogP contribution < -0.4 is 14.5 Å². The molecule has 1 aromatic carbocycles. The number of amides is 1. The van der Waals surface area contributed by atoms with Gasteiger partial charge in [0, 0.05) is 57.9 Å². The van der Waals surface area contributed by atoms with Gasteiger partial charge in [0.05, 0.1) is 13.0 Å². The van der Waals surface area contributed by atoms with Crippen LogP contribution in [0.25, 0.3) is 11.2 Å². The van der Waals surface area contributed by atoms with Crippen molar-refractivity contribution in [1.82, 2.24) is 24.4 Å². The highest BCUT2D eigenvalue weighted by Gasteiger charge is 2.33. The summed E-state index contributed by atoms with van der Waals surface area (Å²) in [5, 5.41) is 0. The van der Waals surface area contributed by atoms with Gasteiger partial charge in [-0.15, -0.1) is 0 Å². The molecular weight excluding hydrogens is 454 g/mol. The number of carbonyl (C=O) groups is 1. The first-order chi connectivity index (χ1) is 17.7. The van der Waals surface area contributed by atoms with Gasteiger partial charge in [-0.05, 0) is 49.9 Å². The fourth-order valence-electron chi connectivity index (χ4n) is 5.96. The Hall–Kier alpha value is -3.36. The number of piperidine rings is 1. The monoisotopic (exact) mass is 489 g/mol. The van der Waals surface area contributed by atoms with Gasteiger partial charge in [-0.3, -0.25) is 4.79 Å². The maximum atomic E-state index is 13.5. The Balaban J connectivity index is 1.13. The molecule has 3 aliphatic rings. The maximum absolute atomic E-state index is 13.5. The predicted octanol–water partition coefficient (Wildman–Crippen LogP) is 3.13. The molecule has 6 rings (SSSR count). The molecule has 0 unspecified atom stereocenters. The molecule has 3 aliphatic heterocycles. The van der Waals surface area contributed by atoms with Crippen molar-refractivity contribution in [2.24, 2.45) is 5.92 Å². The molecule has 0 bridgehead atoms. The van der Waals surface area contributed by atoms with Gasteiger partial charge in [0.25, 0.3) is 0 Å². The van der Waals surface area contributed by atoms with E-state index in [1.165, 1.54) is 24.9 Å². The average Bonchev–Trinajstić information content (AvgIpc) is 3.13. The number of aryl methyl sites for hydroxylation is 2. The van der Waals surface area contributed by atoms with E-state index in [9.17, 15) is 4.79 Å². The molecule has 2 fully saturated rings. The standard InChI is InChI=1S/C27H35N7O2/c1-36-22-10-8-21(9-11-22)31-14-16-32(17-15-31)27(35)20-6-5-12-33(18-20)25-24-26(29-19-28-25)34-13-4-2-3-7-23(34)30-24/h8-11,19-20H,2-7,12-18H2,1H3/t20-/m1/s1. The van der Waals surface area contributed by atoms with Crippen LogP contribution in [0.5, 0.6) is 5.75 Å². The van der Waals surface area contributed by atoms with Gasteiger partial charge in [0.15, 0.2) is 17.0 Å². The normalized spacial score (nSPS) is 20.8. The zero-order valence-electron chi connectivity index (χ0n) is 21.1. The van der Waals surface area contributed by atoms with E-state index in [1.807, 2.05) is 12.1 Å². The second kappa shape index (κ2) is 9.95. The molecule has 0 radical (unpaired) electrons. The third kappa shape index (κ3) is 4.35. The van der Waals surface area contributed by atoms with Crippen molar-refractivity contribution in [3.05, 3.63) is 36.4 Å². The number of benzene rings is 1. The Bertz CT molecular complexity index is 1220. The third-order valence-corrected chi connectivity index (χ3v) is 7.97. The number of carbonyl (C=O) groups excluding carboxylic acids is 1. The van der Waals surface area contributed by atoms with Gasteiger partial charge in [-0.2, -0.15) is 0 Å². The number of nitrogens with zero attached hydrogens (tertiary/aromatic N) is 7. The Kier molecular flexibility index (Phi) is 6.37. The van der Waals surface area contributed by atoms with Crippen molar-refractivity contribution in [2.75, 3.05) is 56.2 Å². The van der Waals surface area contributed by atoms with E-state index >= 15 is 0 Å². The number of fused-ring (bicyclic) bond motifs is 3. The van der Waals surface area contributed by atoms with E-state index in [1.54, 1.807) is 13.4 Å². The van der Waals surface area contributed by atoms with Gasteiger partial charge >= 0.3 is 0 Å². The van der Waals surface area contributed by atoms with Crippen molar-refractivity contribution < 1.29 is 9.53 Å². The van der Waals surface area contributed by atoms with E-state index in [4.69, 9.17) is 9.72 Å². The Labute approximate surface area is 212 Å². The number of piperazine rings is 1. The number of hydrogen-bond acceptors (Lipinski definition) is 7. The Morgan fingerprint density at radius 2 is 1.75 bits per heavy atom. The van der Waals surface area contributed by atoms with Crippen LogP contribution in [0, 0.1) is 5.92 Å². The molecule has 1 amide bonds. The summed E-state index contributed by atoms with van der Waals surface area (Å²) in [6, 6.07) is 8.16. The molecule has 2 aromatic heterocycles. The zero-order chi connectivity index (χ0) is 24.5. The van der Waals surface area contributed by atoms with E-state index in [0.717, 1.165) is 87.1 Å². The number of imidazole rings is 1. The fraction of sp³-hybridized carbons (Fsp3) is 0.556. The molecule has 2 saturated heterocycles. The summed E-state index contributed by atoms with van der Waals surface area (Å²) in [4.78, 5) is 34.4. The van der Waals surface area contributed by atoms with Gasteiger partial charge in [0.2, 0.25) is 5.91 Å². The average molecular weight is 490 g/mol. The van der Waals surface area contributed by atoms with E-state index < -0.39 is 0 Å². The molecule has 0 saturated carbocycles. The van der Waals surface area contributed by atoms with Crippen LogP contribution in [0.3, 0.4) is 0 Å². The molecule has 0 aliphatic carbocycles. The first-order valence-corrected chi connectivity index (χ1v) is 13.3. The van der Waals surface area contributed by atoms with E-state index in [0.29, 0.717) is 6.54 Å². The summed E-state index contributed by atoms with van der Waals surface area (Å²) in [5.74, 6) is 3.16. The molecule has 9 heteroatoms. The number of anilines is 2. The Morgan fingerprint density at radius 3 is 2.56 bits per heavy atom. The second-order valence-electron chi connectivity index (χ2n) is 10.2. The van der Waals surface area contributed by atoms with Crippen molar-refractivity contribution in [2.45, 2.75) is 45.1 Å². The lowest BCUT2D eigenvalue weighted by molar-refractivity contribution is -0.136. The van der Waals surface area contributed by atoms with Crippen LogP contribution in [-0.2, 0) is 17.8 Å². The van der Waals surface area contributed by atoms with Crippen LogP contribution in [0.4, 0.5) is 11.5 Å². The highest BCUT2D eigenvalue weighted by atomic mass is 16.5. The van der Waals surface area contributed by atoms with Crippen molar-refractivity contribution >= 4 is 28.6 Å². The lowest BCUT2D eigenvalue weighted by atomic mass is 9.96. The molecular formula is C27H35N7O2. The van der Waals surface area contributed by atoms with Crippen LogP contribution in [-0.4, -0.2) is 76.7 Å². The topological polar surface area (TPSA) is 79.6 Å². The summed E-state index contributed by atoms with van der Waals surface area (Å²) < 4.78 is 7.55. The minimum atomic E-state index is -0.00302. The summed E-state index contributed by atoms with van der Waals surface area (Å²) in [5.41, 5.74) is 3.02. The SMILES string of the molecule is COc1ccc(N2CCN(C(=O)[C@@H]3CCCN(c4ncnc5c4nc4n5CCCCC4)C3)CC2)cc1. The van der Waals surface area contributed by atoms with Crippen molar-refractivity contribution in [1.29, 1.82) is 0 Å². The van der Waals surface area contributed by atoms with Gasteiger partial charge in [-0.25, -0.2) is 15.0 Å². The first-order valence-electron chi connectivity index (χ1n) is 13.3. The lowest BCUT2D eigenvalue weighted by Crippen LogP contribution is -2.52. The summed E-state index contributed by atoms with van der Waals surface area (Å²) >= 11 is 0. The summed E-state index contributed by atoms with van der Waals surface area (Å²) in [6.07, 6.45) is 8.18. The first kappa shape index (κ1) is 23.1. The highest BCUT2D eigenvalue weighted by Crippen LogP contribution is 2.30. The molecule has 5 heterocycles. The molecule has 0 spiro atoms. The molecule has 3 aromatic rings. The maximum Gasteiger partial charge on any atom is 0.227 e. The largest absolute Gasteiger partial charge is 0.497 e. The van der Waals surface area contributed by atoms with Gasteiger partial charge in [-0.1, -0.05) is 6.42 Å². The minimum Gasteiger partial charge on any atom is -0.497 e. The molecule has 36 heavy (non-hydrogen) atoms. The quantitative estimate of drug-likeness (QED) is 0.557. The smallest absolute Gasteiger partial charge is 0.227 e. The van der Waals surface area contributed by atoms with Crippen LogP contribution in [0.1, 0.15) is 37.9 Å². The number of hydrogen-bond donors (Lipinski definition) is 0. The number of ether oxygens (including phenoxy) is 1. The van der Waals surface area contributed by atoms with Crippen molar-refractivity contribution in [3.8, 4) is 5.75 Å². The van der Waals surface area contributed by atoms with Gasteiger partial charge in [0.1, 0.15) is 17.9 Å². The van der Waals surface area contributed by atoms with Crippen LogP contribution in [0.2, 0.25) is 0 Å². The Morgan fingerprint density at radius 1 is 0.917 bits per heavy atom. The highest BCUT2D eigenvalue weighted by molar-refractivity contribution is 5.85. The molecule has 9 nitrogen and oxygen atoms in total.